The molecule has 10 aromatic carbocycles. The van der Waals surface area contributed by atoms with Gasteiger partial charge in [0.15, 0.2) is 0 Å². The first kappa shape index (κ1) is 37.9. The normalized spacial score (nSPS) is 13.2. The highest BCUT2D eigenvalue weighted by atomic mass is 14.9. The van der Waals surface area contributed by atoms with Crippen molar-refractivity contribution in [2.24, 2.45) is 10.7 Å². The Bertz CT molecular complexity index is 3320. The van der Waals surface area contributed by atoms with Gasteiger partial charge in [-0.05, 0) is 95.2 Å². The summed E-state index contributed by atoms with van der Waals surface area (Å²) in [7, 11) is 0. The number of nitrogens with two attached hydrogens (primary N) is 1. The second-order valence-electron chi connectivity index (χ2n) is 16.3. The van der Waals surface area contributed by atoms with E-state index in [1.54, 1.807) is 0 Å². The number of benzene rings is 10. The van der Waals surface area contributed by atoms with Crippen LogP contribution in [0.2, 0.25) is 0 Å². The molecular formula is C61H44N2. The van der Waals surface area contributed by atoms with Crippen molar-refractivity contribution < 1.29 is 0 Å². The summed E-state index contributed by atoms with van der Waals surface area (Å²) in [6.07, 6.45) is 2.92. The maximum absolute atomic E-state index is 6.89. The van der Waals surface area contributed by atoms with Crippen LogP contribution in [0.25, 0.3) is 60.6 Å². The van der Waals surface area contributed by atoms with Gasteiger partial charge in [0.05, 0.1) is 11.1 Å². The van der Waals surface area contributed by atoms with Gasteiger partial charge in [-0.1, -0.05) is 237 Å². The molecule has 11 rings (SSSR count). The fraction of sp³-hybridized carbons (Fsp3) is 0.0328. The lowest BCUT2D eigenvalue weighted by Crippen LogP contribution is -2.29. The standard InChI is InChI=1S/C61H44N2/c62-60(44-21-4-1-5-22-44)63-58(40-37-43-20-12-13-28-49(43)46-36-35-42-19-10-11-23-45(42)41-46)54-39-38-52(50-29-14-15-30-51(50)54)55-32-18-33-56-53-31-16-17-34-57(53)61(59(55)56,47-24-6-2-7-25-47)48-26-8-3-9-27-48/h1-36,38-41H,37H2,(H2,62,63)/b58-40-. The van der Waals surface area contributed by atoms with Gasteiger partial charge >= 0.3 is 0 Å². The fourth-order valence-corrected chi connectivity index (χ4v) is 10.0. The monoisotopic (exact) mass is 804 g/mol. The third-order valence-corrected chi connectivity index (χ3v) is 12.9. The molecule has 2 nitrogen and oxygen atoms in total. The number of hydrogen-bond donors (Lipinski definition) is 1. The Balaban J connectivity index is 1.11. The zero-order valence-corrected chi connectivity index (χ0v) is 34.8. The zero-order chi connectivity index (χ0) is 42.2. The van der Waals surface area contributed by atoms with E-state index in [2.05, 4.69) is 212 Å². The Hall–Kier alpha value is -8.07. The highest BCUT2D eigenvalue weighted by Gasteiger charge is 2.47. The van der Waals surface area contributed by atoms with Crippen LogP contribution >= 0.6 is 0 Å². The van der Waals surface area contributed by atoms with Crippen LogP contribution in [0.1, 0.15) is 38.9 Å². The number of fused-ring (bicyclic) bond motifs is 5. The van der Waals surface area contributed by atoms with Crippen LogP contribution in [-0.2, 0) is 11.8 Å². The quantitative estimate of drug-likeness (QED) is 0.115. The van der Waals surface area contributed by atoms with E-state index in [0.717, 1.165) is 27.6 Å². The summed E-state index contributed by atoms with van der Waals surface area (Å²) in [4.78, 5) is 5.27. The van der Waals surface area contributed by atoms with Crippen molar-refractivity contribution in [1.82, 2.24) is 0 Å². The van der Waals surface area contributed by atoms with E-state index in [1.807, 2.05) is 30.3 Å². The van der Waals surface area contributed by atoms with Gasteiger partial charge in [-0.25, -0.2) is 4.99 Å². The first-order valence-electron chi connectivity index (χ1n) is 21.7. The van der Waals surface area contributed by atoms with Crippen LogP contribution in [0.3, 0.4) is 0 Å². The second-order valence-corrected chi connectivity index (χ2v) is 16.3. The van der Waals surface area contributed by atoms with E-state index in [4.69, 9.17) is 10.7 Å². The molecule has 0 heterocycles. The van der Waals surface area contributed by atoms with E-state index in [9.17, 15) is 0 Å². The molecule has 0 radical (unpaired) electrons. The molecule has 0 fully saturated rings. The Morgan fingerprint density at radius 2 is 1.02 bits per heavy atom. The maximum Gasteiger partial charge on any atom is 0.131 e. The minimum atomic E-state index is -0.539. The van der Waals surface area contributed by atoms with E-state index >= 15 is 0 Å². The van der Waals surface area contributed by atoms with Crippen LogP contribution in [0.4, 0.5) is 0 Å². The fourth-order valence-electron chi connectivity index (χ4n) is 10.0. The van der Waals surface area contributed by atoms with Gasteiger partial charge in [0, 0.05) is 11.1 Å². The lowest BCUT2D eigenvalue weighted by Gasteiger charge is -2.35. The second kappa shape index (κ2) is 16.1. The number of allylic oxidation sites excluding steroid dienone is 1. The van der Waals surface area contributed by atoms with Gasteiger partial charge < -0.3 is 5.73 Å². The topological polar surface area (TPSA) is 38.4 Å². The molecule has 0 saturated heterocycles. The Morgan fingerprint density at radius 1 is 0.444 bits per heavy atom. The number of rotatable bonds is 9. The van der Waals surface area contributed by atoms with Crippen molar-refractivity contribution in [2.45, 2.75) is 11.8 Å². The Labute approximate surface area is 369 Å². The lowest BCUT2D eigenvalue weighted by molar-refractivity contribution is 0.770. The number of amidine groups is 1. The van der Waals surface area contributed by atoms with Gasteiger partial charge in [-0.2, -0.15) is 0 Å². The SMILES string of the molecule is NC(=N/C(=C\Cc1ccccc1-c1ccc2ccccc2c1)c1ccc(-c2cccc3c2C(c2ccccc2)(c2ccccc2)c2ccccc2-3)c2ccccc12)c1ccccc1. The van der Waals surface area contributed by atoms with Crippen molar-refractivity contribution in [3.63, 3.8) is 0 Å². The molecule has 0 spiro atoms. The van der Waals surface area contributed by atoms with E-state index in [-0.39, 0.29) is 0 Å². The van der Waals surface area contributed by atoms with Crippen molar-refractivity contribution in [2.75, 3.05) is 0 Å². The first-order chi connectivity index (χ1) is 31.2. The molecule has 0 bridgehead atoms. The minimum Gasteiger partial charge on any atom is -0.383 e. The highest BCUT2D eigenvalue weighted by molar-refractivity contribution is 6.07. The lowest BCUT2D eigenvalue weighted by atomic mass is 9.66. The zero-order valence-electron chi connectivity index (χ0n) is 34.8. The van der Waals surface area contributed by atoms with Crippen molar-refractivity contribution in [1.29, 1.82) is 0 Å². The summed E-state index contributed by atoms with van der Waals surface area (Å²) in [5.74, 6) is 0.479. The Morgan fingerprint density at radius 3 is 1.76 bits per heavy atom. The summed E-state index contributed by atoms with van der Waals surface area (Å²) >= 11 is 0. The molecule has 2 N–H and O–H groups in total. The number of hydrogen-bond acceptors (Lipinski definition) is 1. The largest absolute Gasteiger partial charge is 0.383 e. The van der Waals surface area contributed by atoms with Crippen LogP contribution < -0.4 is 5.73 Å². The molecule has 0 atom stereocenters. The molecule has 0 amide bonds. The van der Waals surface area contributed by atoms with Gasteiger partial charge in [-0.15, -0.1) is 0 Å². The van der Waals surface area contributed by atoms with Crippen molar-refractivity contribution in [3.05, 3.63) is 282 Å². The predicted molar refractivity (Wildman–Crippen MR) is 265 cm³/mol. The molecule has 0 aliphatic heterocycles. The van der Waals surface area contributed by atoms with Gasteiger partial charge in [-0.3, -0.25) is 0 Å². The average Bonchev–Trinajstić information content (AvgIpc) is 3.67. The Kier molecular flexibility index (Phi) is 9.67. The van der Waals surface area contributed by atoms with Crippen LogP contribution in [0, 0.1) is 0 Å². The molecule has 1 aliphatic carbocycles. The molecule has 0 aromatic heterocycles. The van der Waals surface area contributed by atoms with Crippen LogP contribution in [0.5, 0.6) is 0 Å². The smallest absolute Gasteiger partial charge is 0.131 e. The van der Waals surface area contributed by atoms with E-state index in [0.29, 0.717) is 12.3 Å². The van der Waals surface area contributed by atoms with Gasteiger partial charge in [0.2, 0.25) is 0 Å². The molecule has 10 aromatic rings. The minimum absolute atomic E-state index is 0.479. The van der Waals surface area contributed by atoms with Crippen molar-refractivity contribution in [3.8, 4) is 33.4 Å². The number of nitrogens with zero attached hydrogens (tertiary/aromatic N) is 1. The van der Waals surface area contributed by atoms with Crippen LogP contribution in [-0.4, -0.2) is 5.84 Å². The summed E-state index contributed by atoms with van der Waals surface area (Å²) in [6, 6.07) is 85.3. The molecule has 63 heavy (non-hydrogen) atoms. The van der Waals surface area contributed by atoms with Crippen molar-refractivity contribution >= 4 is 33.1 Å². The summed E-state index contributed by atoms with van der Waals surface area (Å²) in [6.45, 7) is 0. The molecule has 0 saturated carbocycles. The molecule has 2 heteroatoms. The van der Waals surface area contributed by atoms with Gasteiger partial charge in [0.1, 0.15) is 5.84 Å². The summed E-state index contributed by atoms with van der Waals surface area (Å²) < 4.78 is 0. The molecule has 0 unspecified atom stereocenters. The molecule has 1 aliphatic rings. The number of aliphatic imine (C=N–C) groups is 1. The maximum atomic E-state index is 6.89. The third kappa shape index (κ3) is 6.56. The predicted octanol–water partition coefficient (Wildman–Crippen LogP) is 14.7. The molecular weight excluding hydrogens is 761 g/mol. The summed E-state index contributed by atoms with van der Waals surface area (Å²) in [5.41, 5.74) is 22.7. The molecule has 298 valence electrons. The van der Waals surface area contributed by atoms with E-state index < -0.39 is 5.41 Å². The van der Waals surface area contributed by atoms with Gasteiger partial charge in [0.25, 0.3) is 0 Å². The average molecular weight is 805 g/mol. The third-order valence-electron chi connectivity index (χ3n) is 12.9. The van der Waals surface area contributed by atoms with Crippen LogP contribution in [0.15, 0.2) is 248 Å². The summed E-state index contributed by atoms with van der Waals surface area (Å²) in [5, 5.41) is 4.74. The first-order valence-corrected chi connectivity index (χ1v) is 21.7. The highest BCUT2D eigenvalue weighted by Crippen LogP contribution is 2.59. The van der Waals surface area contributed by atoms with E-state index in [1.165, 1.54) is 72.0 Å².